The minimum Gasteiger partial charge on any atom is -0.396 e. The van der Waals surface area contributed by atoms with E-state index in [2.05, 4.69) is 20.3 Å². The van der Waals surface area contributed by atoms with Crippen molar-refractivity contribution in [2.24, 2.45) is 5.41 Å². The second-order valence-corrected chi connectivity index (χ2v) is 6.36. The van der Waals surface area contributed by atoms with Gasteiger partial charge in [-0.05, 0) is 36.8 Å². The number of aromatic nitrogens is 3. The predicted octanol–water partition coefficient (Wildman–Crippen LogP) is 3.52. The van der Waals surface area contributed by atoms with Gasteiger partial charge in [-0.25, -0.2) is 9.97 Å². The Morgan fingerprint density at radius 3 is 2.56 bits per heavy atom. The first-order valence-corrected chi connectivity index (χ1v) is 8.14. The SMILES string of the molecule is OCCC1(CNc2cc(C(F)(F)F)nc(-c3ccccn3)n2)CCC1. The van der Waals surface area contributed by atoms with Gasteiger partial charge < -0.3 is 10.4 Å². The lowest BCUT2D eigenvalue weighted by atomic mass is 9.67. The number of nitrogens with one attached hydrogen (secondary N) is 1. The average molecular weight is 352 g/mol. The number of hydrogen-bond acceptors (Lipinski definition) is 5. The van der Waals surface area contributed by atoms with Crippen molar-refractivity contribution in [1.82, 2.24) is 15.0 Å². The van der Waals surface area contributed by atoms with Crippen LogP contribution in [0.5, 0.6) is 0 Å². The van der Waals surface area contributed by atoms with Gasteiger partial charge >= 0.3 is 6.18 Å². The van der Waals surface area contributed by atoms with Gasteiger partial charge in [0.05, 0.1) is 0 Å². The molecule has 2 aromatic heterocycles. The van der Waals surface area contributed by atoms with Crippen molar-refractivity contribution in [1.29, 1.82) is 0 Å². The molecule has 0 bridgehead atoms. The van der Waals surface area contributed by atoms with Crippen LogP contribution in [0, 0.1) is 5.41 Å². The van der Waals surface area contributed by atoms with Crippen molar-refractivity contribution in [2.45, 2.75) is 31.9 Å². The first-order chi connectivity index (χ1) is 11.9. The molecule has 25 heavy (non-hydrogen) atoms. The van der Waals surface area contributed by atoms with Crippen LogP contribution in [0.25, 0.3) is 11.5 Å². The summed E-state index contributed by atoms with van der Waals surface area (Å²) in [6, 6.07) is 5.82. The van der Waals surface area contributed by atoms with Crippen LogP contribution >= 0.6 is 0 Å². The van der Waals surface area contributed by atoms with E-state index in [9.17, 15) is 18.3 Å². The standard InChI is InChI=1S/C17H19F3N4O/c18-17(19,20)13-10-14(22-11-16(7-9-25)5-3-6-16)24-15(23-13)12-4-1-2-8-21-12/h1-2,4,8,10,25H,3,5-7,9,11H2,(H,22,23,24). The second kappa shape index (κ2) is 6.95. The third-order valence-corrected chi connectivity index (χ3v) is 4.61. The summed E-state index contributed by atoms with van der Waals surface area (Å²) in [5, 5.41) is 12.2. The van der Waals surface area contributed by atoms with Gasteiger partial charge in [0.25, 0.3) is 0 Å². The molecule has 8 heteroatoms. The van der Waals surface area contributed by atoms with Crippen molar-refractivity contribution in [2.75, 3.05) is 18.5 Å². The summed E-state index contributed by atoms with van der Waals surface area (Å²) in [4.78, 5) is 11.8. The Bertz CT molecular complexity index is 718. The Morgan fingerprint density at radius 2 is 2.00 bits per heavy atom. The van der Waals surface area contributed by atoms with Gasteiger partial charge in [-0.2, -0.15) is 13.2 Å². The lowest BCUT2D eigenvalue weighted by Gasteiger charge is -2.42. The van der Waals surface area contributed by atoms with E-state index in [1.807, 2.05) is 0 Å². The van der Waals surface area contributed by atoms with E-state index in [0.29, 0.717) is 13.0 Å². The smallest absolute Gasteiger partial charge is 0.396 e. The number of alkyl halides is 3. The highest BCUT2D eigenvalue weighted by Crippen LogP contribution is 2.43. The molecule has 1 fully saturated rings. The number of rotatable bonds is 6. The summed E-state index contributed by atoms with van der Waals surface area (Å²) in [6.45, 7) is 0.544. The normalized spacial score (nSPS) is 16.3. The Morgan fingerprint density at radius 1 is 1.20 bits per heavy atom. The number of nitrogens with zero attached hydrogens (tertiary/aromatic N) is 3. The molecule has 0 atom stereocenters. The average Bonchev–Trinajstić information content (AvgIpc) is 2.57. The van der Waals surface area contributed by atoms with Crippen molar-refractivity contribution < 1.29 is 18.3 Å². The minimum atomic E-state index is -4.57. The second-order valence-electron chi connectivity index (χ2n) is 6.36. The maximum atomic E-state index is 13.2. The topological polar surface area (TPSA) is 70.9 Å². The molecule has 134 valence electrons. The lowest BCUT2D eigenvalue weighted by Crippen LogP contribution is -2.37. The zero-order chi connectivity index (χ0) is 17.9. The van der Waals surface area contributed by atoms with Crippen LogP contribution in [0.4, 0.5) is 19.0 Å². The van der Waals surface area contributed by atoms with E-state index in [0.717, 1.165) is 25.3 Å². The summed E-state index contributed by atoms with van der Waals surface area (Å²) < 4.78 is 39.5. The molecule has 1 aliphatic rings. The molecule has 0 radical (unpaired) electrons. The van der Waals surface area contributed by atoms with Crippen molar-refractivity contribution >= 4 is 5.82 Å². The Labute approximate surface area is 143 Å². The molecule has 2 aromatic rings. The third-order valence-electron chi connectivity index (χ3n) is 4.61. The van der Waals surface area contributed by atoms with Crippen LogP contribution in [0.15, 0.2) is 30.5 Å². The predicted molar refractivity (Wildman–Crippen MR) is 86.7 cm³/mol. The lowest BCUT2D eigenvalue weighted by molar-refractivity contribution is -0.141. The Kier molecular flexibility index (Phi) is 4.89. The van der Waals surface area contributed by atoms with Crippen molar-refractivity contribution in [3.63, 3.8) is 0 Å². The number of hydrogen-bond donors (Lipinski definition) is 2. The third kappa shape index (κ3) is 4.07. The number of pyridine rings is 1. The van der Waals surface area contributed by atoms with Crippen molar-refractivity contribution in [3.8, 4) is 11.5 Å². The van der Waals surface area contributed by atoms with Crippen LogP contribution in [0.3, 0.4) is 0 Å². The number of halogens is 3. The van der Waals surface area contributed by atoms with Crippen LogP contribution in [-0.2, 0) is 6.18 Å². The monoisotopic (exact) mass is 352 g/mol. The summed E-state index contributed by atoms with van der Waals surface area (Å²) in [6.07, 6.45) is 0.511. The molecule has 1 aliphatic carbocycles. The van der Waals surface area contributed by atoms with Gasteiger partial charge in [-0.1, -0.05) is 12.5 Å². The summed E-state index contributed by atoms with van der Waals surface area (Å²) >= 11 is 0. The van der Waals surface area contributed by atoms with E-state index in [1.54, 1.807) is 18.2 Å². The minimum absolute atomic E-state index is 0.0662. The highest BCUT2D eigenvalue weighted by molar-refractivity contribution is 5.53. The van der Waals surface area contributed by atoms with Gasteiger partial charge in [-0.3, -0.25) is 4.98 Å². The fraction of sp³-hybridized carbons (Fsp3) is 0.471. The molecule has 5 nitrogen and oxygen atoms in total. The highest BCUT2D eigenvalue weighted by Gasteiger charge is 2.37. The van der Waals surface area contributed by atoms with Crippen LogP contribution in [0.1, 0.15) is 31.4 Å². The van der Waals surface area contributed by atoms with Crippen LogP contribution in [0.2, 0.25) is 0 Å². The summed E-state index contributed by atoms with van der Waals surface area (Å²) in [5.74, 6) is 0.0509. The molecule has 1 saturated carbocycles. The van der Waals surface area contributed by atoms with Gasteiger partial charge in [-0.15, -0.1) is 0 Å². The maximum absolute atomic E-state index is 13.2. The van der Waals surface area contributed by atoms with Gasteiger partial charge in [0.15, 0.2) is 11.5 Å². The number of anilines is 1. The molecular formula is C17H19F3N4O. The van der Waals surface area contributed by atoms with E-state index in [4.69, 9.17) is 0 Å². The van der Waals surface area contributed by atoms with Crippen LogP contribution in [-0.4, -0.2) is 33.2 Å². The fourth-order valence-electron chi connectivity index (χ4n) is 3.00. The molecule has 0 unspecified atom stereocenters. The molecule has 2 N–H and O–H groups in total. The largest absolute Gasteiger partial charge is 0.433 e. The van der Waals surface area contributed by atoms with E-state index in [1.165, 1.54) is 6.20 Å². The Balaban J connectivity index is 1.88. The summed E-state index contributed by atoms with van der Waals surface area (Å²) in [7, 11) is 0. The fourth-order valence-corrected chi connectivity index (χ4v) is 3.00. The quantitative estimate of drug-likeness (QED) is 0.832. The molecule has 0 amide bonds. The van der Waals surface area contributed by atoms with Crippen LogP contribution < -0.4 is 5.32 Å². The number of aliphatic hydroxyl groups is 1. The van der Waals surface area contributed by atoms with E-state index < -0.39 is 11.9 Å². The van der Waals surface area contributed by atoms with Gasteiger partial charge in [0, 0.05) is 25.4 Å². The first-order valence-electron chi connectivity index (χ1n) is 8.14. The Hall–Kier alpha value is -2.22. The van der Waals surface area contributed by atoms with Gasteiger partial charge in [0.1, 0.15) is 11.5 Å². The zero-order valence-corrected chi connectivity index (χ0v) is 13.6. The van der Waals surface area contributed by atoms with Gasteiger partial charge in [0.2, 0.25) is 0 Å². The first kappa shape index (κ1) is 17.6. The maximum Gasteiger partial charge on any atom is 0.433 e. The zero-order valence-electron chi connectivity index (χ0n) is 13.6. The summed E-state index contributed by atoms with van der Waals surface area (Å²) in [5.41, 5.74) is -0.788. The van der Waals surface area contributed by atoms with E-state index in [-0.39, 0.29) is 29.4 Å². The van der Waals surface area contributed by atoms with E-state index >= 15 is 0 Å². The molecule has 2 heterocycles. The molecular weight excluding hydrogens is 333 g/mol. The molecule has 3 rings (SSSR count). The highest BCUT2D eigenvalue weighted by atomic mass is 19.4. The number of aliphatic hydroxyl groups excluding tert-OH is 1. The van der Waals surface area contributed by atoms with Crippen molar-refractivity contribution in [3.05, 3.63) is 36.2 Å². The molecule has 0 spiro atoms. The molecule has 0 aliphatic heterocycles. The molecule has 0 aromatic carbocycles. The molecule has 0 saturated heterocycles.